The molecule has 0 radical (unpaired) electrons. The predicted molar refractivity (Wildman–Crippen MR) is 84.8 cm³/mol. The van der Waals surface area contributed by atoms with Gasteiger partial charge in [0.1, 0.15) is 22.6 Å². The van der Waals surface area contributed by atoms with Crippen LogP contribution in [-0.4, -0.2) is 38.2 Å². The van der Waals surface area contributed by atoms with Crippen molar-refractivity contribution in [3.05, 3.63) is 23.8 Å². The number of rotatable bonds is 6. The fourth-order valence-electron chi connectivity index (χ4n) is 2.72. The topological polar surface area (TPSA) is 97.6 Å². The van der Waals surface area contributed by atoms with Crippen molar-refractivity contribution in [1.29, 1.82) is 5.26 Å². The number of methoxy groups -OCH3 is 2. The molecular formula is C17H20N2O5. The van der Waals surface area contributed by atoms with Crippen molar-refractivity contribution >= 4 is 11.9 Å². The molecule has 1 aromatic carbocycles. The normalized spacial score (nSPS) is 15.2. The Morgan fingerprint density at radius 3 is 2.54 bits per heavy atom. The zero-order valence-electron chi connectivity index (χ0n) is 13.8. The zero-order chi connectivity index (χ0) is 17.6. The largest absolute Gasteiger partial charge is 0.497 e. The van der Waals surface area contributed by atoms with Crippen LogP contribution in [-0.2, 0) is 9.53 Å². The Labute approximate surface area is 140 Å². The van der Waals surface area contributed by atoms with Gasteiger partial charge in [0.2, 0.25) is 0 Å². The minimum atomic E-state index is -0.832. The summed E-state index contributed by atoms with van der Waals surface area (Å²) in [5, 5.41) is 11.9. The standard InChI is InChI=1S/C17H20N2O5/c1-22-12-5-6-13(14(9-12)23-2)16(21)24-10-15(20)19-17(11-18)7-3-4-8-17/h5-6,9H,3-4,7-8,10H2,1-2H3,(H,19,20). The van der Waals surface area contributed by atoms with E-state index in [0.717, 1.165) is 12.8 Å². The molecular weight excluding hydrogens is 312 g/mol. The van der Waals surface area contributed by atoms with E-state index in [1.165, 1.54) is 20.3 Å². The molecule has 0 heterocycles. The van der Waals surface area contributed by atoms with Gasteiger partial charge in [-0.15, -0.1) is 0 Å². The second kappa shape index (κ2) is 7.68. The van der Waals surface area contributed by atoms with Crippen LogP contribution in [0.5, 0.6) is 11.5 Å². The van der Waals surface area contributed by atoms with Gasteiger partial charge in [0, 0.05) is 6.07 Å². The van der Waals surface area contributed by atoms with Gasteiger partial charge in [-0.25, -0.2) is 4.79 Å². The van der Waals surface area contributed by atoms with Crippen LogP contribution in [0.1, 0.15) is 36.0 Å². The first kappa shape index (κ1) is 17.6. The molecule has 1 aliphatic rings. The van der Waals surface area contributed by atoms with Crippen LogP contribution in [0, 0.1) is 11.3 Å². The second-order valence-electron chi connectivity index (χ2n) is 5.59. The first-order chi connectivity index (χ1) is 11.5. The number of hydrogen-bond donors (Lipinski definition) is 1. The van der Waals surface area contributed by atoms with Crippen LogP contribution in [0.2, 0.25) is 0 Å². The van der Waals surface area contributed by atoms with E-state index in [1.807, 2.05) is 0 Å². The molecule has 0 unspecified atom stereocenters. The highest BCUT2D eigenvalue weighted by molar-refractivity contribution is 5.94. The van der Waals surface area contributed by atoms with E-state index in [-0.39, 0.29) is 5.56 Å². The summed E-state index contributed by atoms with van der Waals surface area (Å²) in [6, 6.07) is 6.81. The van der Waals surface area contributed by atoms with E-state index < -0.39 is 24.0 Å². The molecule has 0 bridgehead atoms. The van der Waals surface area contributed by atoms with Crippen molar-refractivity contribution in [2.75, 3.05) is 20.8 Å². The van der Waals surface area contributed by atoms with E-state index in [1.54, 1.807) is 12.1 Å². The van der Waals surface area contributed by atoms with Crippen molar-refractivity contribution < 1.29 is 23.8 Å². The summed E-state index contributed by atoms with van der Waals surface area (Å²) in [5.74, 6) is -0.330. The molecule has 24 heavy (non-hydrogen) atoms. The van der Waals surface area contributed by atoms with Crippen molar-refractivity contribution in [2.24, 2.45) is 0 Å². The van der Waals surface area contributed by atoms with Crippen LogP contribution in [0.3, 0.4) is 0 Å². The number of esters is 1. The van der Waals surface area contributed by atoms with Crippen LogP contribution in [0.25, 0.3) is 0 Å². The van der Waals surface area contributed by atoms with E-state index in [4.69, 9.17) is 14.2 Å². The molecule has 128 valence electrons. The van der Waals surface area contributed by atoms with Crippen molar-refractivity contribution in [3.63, 3.8) is 0 Å². The van der Waals surface area contributed by atoms with Crippen LogP contribution in [0.4, 0.5) is 0 Å². The first-order valence-corrected chi connectivity index (χ1v) is 7.65. The number of nitriles is 1. The average Bonchev–Trinajstić information content (AvgIpc) is 3.07. The van der Waals surface area contributed by atoms with Crippen molar-refractivity contribution in [3.8, 4) is 17.6 Å². The Kier molecular flexibility index (Phi) is 5.64. The van der Waals surface area contributed by atoms with Crippen LogP contribution in [0.15, 0.2) is 18.2 Å². The molecule has 1 saturated carbocycles. The Morgan fingerprint density at radius 1 is 1.25 bits per heavy atom. The minimum Gasteiger partial charge on any atom is -0.497 e. The number of carbonyl (C=O) groups is 2. The predicted octanol–water partition coefficient (Wildman–Crippen LogP) is 1.81. The molecule has 1 aromatic rings. The minimum absolute atomic E-state index is 0.196. The van der Waals surface area contributed by atoms with Gasteiger partial charge in [-0.2, -0.15) is 5.26 Å². The molecule has 1 amide bonds. The number of nitrogens with zero attached hydrogens (tertiary/aromatic N) is 1. The molecule has 2 rings (SSSR count). The van der Waals surface area contributed by atoms with Gasteiger partial charge in [-0.1, -0.05) is 0 Å². The van der Waals surface area contributed by atoms with E-state index in [9.17, 15) is 14.9 Å². The molecule has 1 fully saturated rings. The van der Waals surface area contributed by atoms with Gasteiger partial charge in [0.05, 0.1) is 20.3 Å². The smallest absolute Gasteiger partial charge is 0.342 e. The lowest BCUT2D eigenvalue weighted by Gasteiger charge is -2.21. The Morgan fingerprint density at radius 2 is 1.96 bits per heavy atom. The Balaban J connectivity index is 1.95. The molecule has 0 saturated heterocycles. The number of hydrogen-bond acceptors (Lipinski definition) is 6. The molecule has 0 atom stereocenters. The third kappa shape index (κ3) is 3.96. The molecule has 1 aliphatic carbocycles. The molecule has 0 spiro atoms. The summed E-state index contributed by atoms with van der Waals surface area (Å²) in [5.41, 5.74) is -0.636. The highest BCUT2D eigenvalue weighted by Crippen LogP contribution is 2.29. The third-order valence-corrected chi connectivity index (χ3v) is 4.01. The first-order valence-electron chi connectivity index (χ1n) is 7.65. The highest BCUT2D eigenvalue weighted by atomic mass is 16.5. The molecule has 7 heteroatoms. The second-order valence-corrected chi connectivity index (χ2v) is 5.59. The summed E-state index contributed by atoms with van der Waals surface area (Å²) < 4.78 is 15.2. The maximum absolute atomic E-state index is 12.1. The third-order valence-electron chi connectivity index (χ3n) is 4.01. The van der Waals surface area contributed by atoms with Gasteiger partial charge in [-0.3, -0.25) is 4.79 Å². The molecule has 0 aromatic heterocycles. The van der Waals surface area contributed by atoms with Crippen LogP contribution >= 0.6 is 0 Å². The Hall–Kier alpha value is -2.75. The summed E-state index contributed by atoms with van der Waals surface area (Å²) in [4.78, 5) is 24.1. The van der Waals surface area contributed by atoms with Gasteiger partial charge in [0.25, 0.3) is 5.91 Å². The van der Waals surface area contributed by atoms with E-state index >= 15 is 0 Å². The molecule has 7 nitrogen and oxygen atoms in total. The molecule has 0 aliphatic heterocycles. The van der Waals surface area contributed by atoms with Gasteiger partial charge in [0.15, 0.2) is 6.61 Å². The number of ether oxygens (including phenoxy) is 3. The number of nitrogens with one attached hydrogen (secondary N) is 1. The Bertz CT molecular complexity index is 659. The lowest BCUT2D eigenvalue weighted by atomic mass is 10.00. The SMILES string of the molecule is COc1ccc(C(=O)OCC(=O)NC2(C#N)CCCC2)c(OC)c1. The maximum Gasteiger partial charge on any atom is 0.342 e. The van der Waals surface area contributed by atoms with Crippen molar-refractivity contribution in [1.82, 2.24) is 5.32 Å². The molecule has 1 N–H and O–H groups in total. The summed E-state index contributed by atoms with van der Waals surface area (Å²) in [7, 11) is 2.93. The fraction of sp³-hybridized carbons (Fsp3) is 0.471. The van der Waals surface area contributed by atoms with Crippen LogP contribution < -0.4 is 14.8 Å². The lowest BCUT2D eigenvalue weighted by molar-refractivity contribution is -0.125. The summed E-state index contributed by atoms with van der Waals surface area (Å²) in [6.07, 6.45) is 3.04. The maximum atomic E-state index is 12.1. The van der Waals surface area contributed by atoms with Gasteiger partial charge < -0.3 is 19.5 Å². The van der Waals surface area contributed by atoms with E-state index in [2.05, 4.69) is 11.4 Å². The average molecular weight is 332 g/mol. The fourth-order valence-corrected chi connectivity index (χ4v) is 2.72. The van der Waals surface area contributed by atoms with Gasteiger partial charge in [-0.05, 0) is 37.8 Å². The van der Waals surface area contributed by atoms with Gasteiger partial charge >= 0.3 is 5.97 Å². The summed E-state index contributed by atoms with van der Waals surface area (Å²) in [6.45, 7) is -0.447. The number of benzene rings is 1. The monoisotopic (exact) mass is 332 g/mol. The lowest BCUT2D eigenvalue weighted by Crippen LogP contribution is -2.46. The number of amides is 1. The van der Waals surface area contributed by atoms with Crippen molar-refractivity contribution in [2.45, 2.75) is 31.2 Å². The highest BCUT2D eigenvalue weighted by Gasteiger charge is 2.35. The van der Waals surface area contributed by atoms with E-state index in [0.29, 0.717) is 24.3 Å². The summed E-state index contributed by atoms with van der Waals surface area (Å²) >= 11 is 0. The zero-order valence-corrected chi connectivity index (χ0v) is 13.8. The quantitative estimate of drug-likeness (QED) is 0.798. The number of carbonyl (C=O) groups excluding carboxylic acids is 2.